The normalized spacial score (nSPS) is 10.3. The van der Waals surface area contributed by atoms with Crippen molar-refractivity contribution in [2.75, 3.05) is 0 Å². The number of nitrogens with zero attached hydrogens (tertiary/aromatic N) is 6. The average molecular weight is 1130 g/mol. The molecule has 0 radical (unpaired) electrons. The maximum Gasteiger partial charge on any atom is 0.488 e. The van der Waals surface area contributed by atoms with Gasteiger partial charge in [0.25, 0.3) is 0 Å². The van der Waals surface area contributed by atoms with Crippen LogP contribution in [-0.4, -0.2) is 46.7 Å². The Labute approximate surface area is 425 Å². The molecule has 0 fully saturated rings. The van der Waals surface area contributed by atoms with E-state index in [2.05, 4.69) is 110 Å². The molecule has 0 aliphatic carbocycles. The van der Waals surface area contributed by atoms with Crippen molar-refractivity contribution in [3.63, 3.8) is 0 Å². The summed E-state index contributed by atoms with van der Waals surface area (Å²) in [6, 6.07) is 55.0. The number of alkyl halides is 1. The molecule has 0 bridgehead atoms. The highest BCUT2D eigenvalue weighted by molar-refractivity contribution is 9.10. The zero-order valence-corrected chi connectivity index (χ0v) is 42.1. The molecule has 2 aromatic heterocycles. The summed E-state index contributed by atoms with van der Waals surface area (Å²) >= 11 is 22.6. The van der Waals surface area contributed by atoms with Gasteiger partial charge in [-0.15, -0.1) is 0 Å². The topological polar surface area (TPSA) is 120 Å². The summed E-state index contributed by atoms with van der Waals surface area (Å²) in [7, 11) is -1.52. The highest BCUT2D eigenvalue weighted by Gasteiger charge is 2.13. The lowest BCUT2D eigenvalue weighted by atomic mass is 9.80. The Kier molecular flexibility index (Phi) is 20.7. The summed E-state index contributed by atoms with van der Waals surface area (Å²) in [6.45, 7) is 2.36. The van der Waals surface area contributed by atoms with E-state index in [9.17, 15) is 0 Å². The number of hydrogen-bond acceptors (Lipinski definition) is 8. The Balaban J connectivity index is 0.000000160. The molecule has 0 unspecified atom stereocenters. The molecule has 0 saturated carbocycles. The maximum absolute atomic E-state index is 9.00. The SMILES string of the molecule is BrCc1cccc(Br)c1.Brc1cccc(Cn2cncn2)c1.Clc1cc(-c2cccc(Cn3cncn3)c2)ccc1OCc1ccccc1.OB(O)c1ccc(OCc2ccccc2)c(Cl)c1. The zero-order chi connectivity index (χ0) is 47.2. The number of ether oxygens (including phenoxy) is 2. The first kappa shape index (κ1) is 50.8. The van der Waals surface area contributed by atoms with Crippen LogP contribution in [0.15, 0.2) is 204 Å². The number of hydrogen-bond donors (Lipinski definition) is 2. The van der Waals surface area contributed by atoms with E-state index in [4.69, 9.17) is 42.7 Å². The van der Waals surface area contributed by atoms with Gasteiger partial charge in [0.1, 0.15) is 50.0 Å². The molecule has 340 valence electrons. The van der Waals surface area contributed by atoms with Crippen molar-refractivity contribution >= 4 is 83.6 Å². The van der Waals surface area contributed by atoms with Crippen LogP contribution in [0.1, 0.15) is 27.8 Å². The maximum atomic E-state index is 9.00. The van der Waals surface area contributed by atoms with Crippen LogP contribution >= 0.6 is 71.0 Å². The Morgan fingerprint density at radius 2 is 0.955 bits per heavy atom. The zero-order valence-electron chi connectivity index (χ0n) is 35.9. The molecule has 0 amide bonds. The van der Waals surface area contributed by atoms with Gasteiger partial charge in [0.2, 0.25) is 0 Å². The molecule has 7 aromatic carbocycles. The second kappa shape index (κ2) is 27.3. The van der Waals surface area contributed by atoms with Crippen LogP contribution in [0.25, 0.3) is 11.1 Å². The molecule has 0 aliphatic heterocycles. The number of halogens is 5. The van der Waals surface area contributed by atoms with E-state index in [0.717, 1.165) is 48.6 Å². The smallest absolute Gasteiger partial charge is 0.487 e. The summed E-state index contributed by atoms with van der Waals surface area (Å²) in [4.78, 5) is 7.86. The van der Waals surface area contributed by atoms with Gasteiger partial charge in [0, 0.05) is 14.3 Å². The van der Waals surface area contributed by atoms with Gasteiger partial charge in [-0.05, 0) is 99.0 Å². The Morgan fingerprint density at radius 1 is 0.493 bits per heavy atom. The van der Waals surface area contributed by atoms with Gasteiger partial charge >= 0.3 is 7.12 Å². The van der Waals surface area contributed by atoms with Gasteiger partial charge in [-0.2, -0.15) is 10.2 Å². The van der Waals surface area contributed by atoms with Crippen LogP contribution in [0.5, 0.6) is 11.5 Å². The van der Waals surface area contributed by atoms with Crippen molar-refractivity contribution in [3.8, 4) is 22.6 Å². The van der Waals surface area contributed by atoms with E-state index in [-0.39, 0.29) is 0 Å². The lowest BCUT2D eigenvalue weighted by molar-refractivity contribution is 0.306. The van der Waals surface area contributed by atoms with Crippen molar-refractivity contribution in [2.24, 2.45) is 0 Å². The lowest BCUT2D eigenvalue weighted by Gasteiger charge is -2.11. The van der Waals surface area contributed by atoms with Crippen molar-refractivity contribution in [1.82, 2.24) is 29.5 Å². The molecule has 0 saturated heterocycles. The summed E-state index contributed by atoms with van der Waals surface area (Å²) < 4.78 is 17.2. The summed E-state index contributed by atoms with van der Waals surface area (Å²) in [5.41, 5.74) is 8.30. The second-order valence-electron chi connectivity index (χ2n) is 14.5. The first-order chi connectivity index (χ1) is 32.6. The molecule has 16 heteroatoms. The predicted molar refractivity (Wildman–Crippen MR) is 279 cm³/mol. The van der Waals surface area contributed by atoms with Gasteiger partial charge in [-0.1, -0.05) is 186 Å². The molecule has 9 aromatic rings. The Morgan fingerprint density at radius 3 is 1.42 bits per heavy atom. The minimum atomic E-state index is -1.52. The van der Waals surface area contributed by atoms with E-state index in [0.29, 0.717) is 46.8 Å². The quantitative estimate of drug-likeness (QED) is 0.0865. The van der Waals surface area contributed by atoms with E-state index >= 15 is 0 Å². The largest absolute Gasteiger partial charge is 0.488 e. The molecule has 0 atom stereocenters. The van der Waals surface area contributed by atoms with Crippen LogP contribution in [0.3, 0.4) is 0 Å². The number of aromatic nitrogens is 6. The molecule has 0 spiro atoms. The number of benzene rings is 7. The van der Waals surface area contributed by atoms with E-state index in [1.807, 2.05) is 109 Å². The summed E-state index contributed by atoms with van der Waals surface area (Å²) in [5, 5.41) is 28.1. The van der Waals surface area contributed by atoms with Gasteiger partial charge in [-0.3, -0.25) is 0 Å². The third-order valence-electron chi connectivity index (χ3n) is 9.48. The first-order valence-corrected chi connectivity index (χ1v) is 24.2. The molecule has 2 N–H and O–H groups in total. The first-order valence-electron chi connectivity index (χ1n) is 20.7. The van der Waals surface area contributed by atoms with Crippen LogP contribution in [-0.2, 0) is 31.6 Å². The molecular formula is C51H44BBr3Cl2N6O4. The van der Waals surface area contributed by atoms with E-state index in [1.54, 1.807) is 34.2 Å². The van der Waals surface area contributed by atoms with Gasteiger partial charge in [0.15, 0.2) is 0 Å². The van der Waals surface area contributed by atoms with Crippen molar-refractivity contribution in [3.05, 3.63) is 242 Å². The Bertz CT molecular complexity index is 2850. The Hall–Kier alpha value is -5.58. The molecule has 2 heterocycles. The summed E-state index contributed by atoms with van der Waals surface area (Å²) in [6.07, 6.45) is 6.50. The highest BCUT2D eigenvalue weighted by atomic mass is 79.9. The molecule has 9 rings (SSSR count). The lowest BCUT2D eigenvalue weighted by Crippen LogP contribution is -2.29. The van der Waals surface area contributed by atoms with Gasteiger partial charge in [0.05, 0.1) is 23.1 Å². The molecular weight excluding hydrogens is 1080 g/mol. The third-order valence-corrected chi connectivity index (χ3v) is 11.7. The molecule has 67 heavy (non-hydrogen) atoms. The van der Waals surface area contributed by atoms with Crippen LogP contribution in [0.4, 0.5) is 0 Å². The average Bonchev–Trinajstić information content (AvgIpc) is 4.07. The predicted octanol–water partition coefficient (Wildman–Crippen LogP) is 12.3. The molecule has 10 nitrogen and oxygen atoms in total. The van der Waals surface area contributed by atoms with Crippen LogP contribution < -0.4 is 14.9 Å². The van der Waals surface area contributed by atoms with Crippen molar-refractivity contribution in [1.29, 1.82) is 0 Å². The fourth-order valence-electron chi connectivity index (χ4n) is 6.17. The fourth-order valence-corrected chi connectivity index (χ4v) is 7.89. The third kappa shape index (κ3) is 17.5. The van der Waals surface area contributed by atoms with Crippen LogP contribution in [0.2, 0.25) is 10.0 Å². The van der Waals surface area contributed by atoms with E-state index < -0.39 is 7.12 Å². The standard InChI is InChI=1S/C22H18ClN3O.C13H12BClO3.C9H8BrN3.C7H6Br2/c23-21-12-20(9-10-22(21)27-14-17-5-2-1-3-6-17)19-8-4-7-18(11-19)13-26-16-24-15-25-26;15-12-8-11(14(16)17)6-7-13(12)18-9-10-4-2-1-3-5-10;10-9-3-1-2-8(4-9)5-13-7-11-6-12-13;8-5-6-2-1-3-7(9)4-6/h1-12,15-16H,13-14H2;1-8,16-17H,9H2;1-4,6-7H,5H2;1-4H,5H2. The monoisotopic (exact) mass is 1120 g/mol. The van der Waals surface area contributed by atoms with Gasteiger partial charge < -0.3 is 19.5 Å². The van der Waals surface area contributed by atoms with Crippen molar-refractivity contribution in [2.45, 2.75) is 31.6 Å². The van der Waals surface area contributed by atoms with Crippen molar-refractivity contribution < 1.29 is 19.5 Å². The van der Waals surface area contributed by atoms with Crippen LogP contribution in [0, 0.1) is 0 Å². The highest BCUT2D eigenvalue weighted by Crippen LogP contribution is 2.31. The van der Waals surface area contributed by atoms with E-state index in [1.165, 1.54) is 29.8 Å². The number of rotatable bonds is 13. The molecule has 0 aliphatic rings. The minimum absolute atomic E-state index is 0.340. The second-order valence-corrected chi connectivity index (χ2v) is 17.7. The van der Waals surface area contributed by atoms with Gasteiger partial charge in [-0.25, -0.2) is 19.3 Å². The fraction of sp³-hybridized carbons (Fsp3) is 0.0980. The minimum Gasteiger partial charge on any atom is -0.487 e. The summed E-state index contributed by atoms with van der Waals surface area (Å²) in [5.74, 6) is 1.20.